The fourth-order valence-corrected chi connectivity index (χ4v) is 1.81. The van der Waals surface area contributed by atoms with Gasteiger partial charge in [-0.2, -0.15) is 4.98 Å². The Kier molecular flexibility index (Phi) is 3.31. The van der Waals surface area contributed by atoms with Crippen molar-refractivity contribution in [3.05, 3.63) is 34.6 Å². The molecule has 17 heavy (non-hydrogen) atoms. The molecule has 0 spiro atoms. The molecule has 4 nitrogen and oxygen atoms in total. The van der Waals surface area contributed by atoms with Crippen LogP contribution in [0.2, 0.25) is 0 Å². The Morgan fingerprint density at radius 2 is 2.12 bits per heavy atom. The van der Waals surface area contributed by atoms with Crippen LogP contribution in [0.4, 0.5) is 0 Å². The van der Waals surface area contributed by atoms with E-state index in [4.69, 9.17) is 10.3 Å². The quantitative estimate of drug-likeness (QED) is 0.945. The van der Waals surface area contributed by atoms with Gasteiger partial charge in [-0.1, -0.05) is 24.2 Å². The van der Waals surface area contributed by atoms with Crippen LogP contribution in [0.25, 0.3) is 11.5 Å². The predicted octanol–water partition coefficient (Wildman–Crippen LogP) is 3.08. The third kappa shape index (κ3) is 2.40. The van der Waals surface area contributed by atoms with Gasteiger partial charge >= 0.3 is 0 Å². The van der Waals surface area contributed by atoms with E-state index in [0.29, 0.717) is 11.7 Å². The molecule has 1 unspecified atom stereocenters. The summed E-state index contributed by atoms with van der Waals surface area (Å²) in [5.74, 6) is 1.02. The van der Waals surface area contributed by atoms with E-state index in [9.17, 15) is 0 Å². The Morgan fingerprint density at radius 1 is 1.41 bits per heavy atom. The molecule has 2 N–H and O–H groups in total. The molecule has 2 rings (SSSR count). The zero-order valence-electron chi connectivity index (χ0n) is 9.77. The van der Waals surface area contributed by atoms with E-state index < -0.39 is 5.54 Å². The fourth-order valence-electron chi connectivity index (χ4n) is 1.36. The van der Waals surface area contributed by atoms with Gasteiger partial charge in [-0.15, -0.1) is 0 Å². The molecule has 0 aliphatic heterocycles. The van der Waals surface area contributed by atoms with Gasteiger partial charge in [-0.25, -0.2) is 0 Å². The van der Waals surface area contributed by atoms with Gasteiger partial charge in [-0.05, 0) is 41.4 Å². The molecule has 0 aliphatic rings. The van der Waals surface area contributed by atoms with Crippen molar-refractivity contribution in [3.8, 4) is 11.5 Å². The van der Waals surface area contributed by atoms with Crippen molar-refractivity contribution in [2.45, 2.75) is 25.8 Å². The van der Waals surface area contributed by atoms with E-state index in [1.165, 1.54) is 0 Å². The molecule has 0 aliphatic carbocycles. The zero-order valence-corrected chi connectivity index (χ0v) is 11.4. The maximum Gasteiger partial charge on any atom is 0.259 e. The highest BCUT2D eigenvalue weighted by Gasteiger charge is 2.25. The Labute approximate surface area is 108 Å². The maximum absolute atomic E-state index is 6.07. The Balaban J connectivity index is 2.40. The molecule has 90 valence electrons. The molecule has 0 saturated carbocycles. The molecular formula is C12H14BrN3O. The average Bonchev–Trinajstić information content (AvgIpc) is 2.79. The van der Waals surface area contributed by atoms with Crippen LogP contribution in [0.3, 0.4) is 0 Å². The topological polar surface area (TPSA) is 64.9 Å². The minimum Gasteiger partial charge on any atom is -0.334 e. The third-order valence-corrected chi connectivity index (χ3v) is 3.47. The van der Waals surface area contributed by atoms with Crippen molar-refractivity contribution in [1.29, 1.82) is 0 Å². The lowest BCUT2D eigenvalue weighted by Gasteiger charge is -2.16. The van der Waals surface area contributed by atoms with Crippen LogP contribution < -0.4 is 5.73 Å². The molecule has 0 bridgehead atoms. The molecule has 2 aromatic rings. The molecule has 1 atom stereocenters. The smallest absolute Gasteiger partial charge is 0.259 e. The van der Waals surface area contributed by atoms with E-state index in [0.717, 1.165) is 16.5 Å². The molecule has 0 fully saturated rings. The second-order valence-corrected chi connectivity index (χ2v) is 5.03. The first-order valence-electron chi connectivity index (χ1n) is 5.42. The molecule has 1 aromatic carbocycles. The highest BCUT2D eigenvalue weighted by molar-refractivity contribution is 9.10. The first kappa shape index (κ1) is 12.3. The lowest BCUT2D eigenvalue weighted by Crippen LogP contribution is -2.33. The Morgan fingerprint density at radius 3 is 2.76 bits per heavy atom. The summed E-state index contributed by atoms with van der Waals surface area (Å²) in [5, 5.41) is 3.94. The number of benzene rings is 1. The van der Waals surface area contributed by atoms with Crippen molar-refractivity contribution in [2.75, 3.05) is 0 Å². The number of rotatable bonds is 3. The van der Waals surface area contributed by atoms with Crippen LogP contribution in [0, 0.1) is 0 Å². The van der Waals surface area contributed by atoms with Crippen LogP contribution >= 0.6 is 15.9 Å². The first-order chi connectivity index (χ1) is 8.04. The van der Waals surface area contributed by atoms with Crippen molar-refractivity contribution < 1.29 is 4.52 Å². The van der Waals surface area contributed by atoms with E-state index in [2.05, 4.69) is 26.1 Å². The number of hydrogen-bond acceptors (Lipinski definition) is 4. The number of hydrogen-bond donors (Lipinski definition) is 1. The van der Waals surface area contributed by atoms with E-state index in [1.54, 1.807) is 0 Å². The third-order valence-electron chi connectivity index (χ3n) is 2.78. The Bertz CT molecular complexity index is 522. The van der Waals surface area contributed by atoms with Crippen LogP contribution in [-0.2, 0) is 5.54 Å². The van der Waals surface area contributed by atoms with Crippen LogP contribution in [0.1, 0.15) is 26.1 Å². The van der Waals surface area contributed by atoms with Crippen molar-refractivity contribution in [3.63, 3.8) is 0 Å². The Hall–Kier alpha value is -1.20. The van der Waals surface area contributed by atoms with Crippen LogP contribution in [0.15, 0.2) is 33.3 Å². The summed E-state index contributed by atoms with van der Waals surface area (Å²) in [6.45, 7) is 3.89. The second kappa shape index (κ2) is 4.58. The van der Waals surface area contributed by atoms with Gasteiger partial charge < -0.3 is 10.3 Å². The summed E-state index contributed by atoms with van der Waals surface area (Å²) >= 11 is 3.45. The number of aromatic nitrogens is 2. The van der Waals surface area contributed by atoms with Gasteiger partial charge in [0.1, 0.15) is 0 Å². The van der Waals surface area contributed by atoms with Crippen molar-refractivity contribution in [1.82, 2.24) is 10.1 Å². The first-order valence-corrected chi connectivity index (χ1v) is 6.22. The number of nitrogens with zero attached hydrogens (tertiary/aromatic N) is 2. The summed E-state index contributed by atoms with van der Waals surface area (Å²) in [6, 6.07) is 7.71. The molecule has 0 amide bonds. The summed E-state index contributed by atoms with van der Waals surface area (Å²) < 4.78 is 6.17. The van der Waals surface area contributed by atoms with Gasteiger partial charge in [0.05, 0.1) is 11.1 Å². The monoisotopic (exact) mass is 295 g/mol. The highest BCUT2D eigenvalue weighted by atomic mass is 79.9. The molecule has 0 saturated heterocycles. The number of nitrogens with two attached hydrogens (primary N) is 1. The highest BCUT2D eigenvalue weighted by Crippen LogP contribution is 2.28. The van der Waals surface area contributed by atoms with Crippen LogP contribution in [-0.4, -0.2) is 10.1 Å². The molecular weight excluding hydrogens is 282 g/mol. The number of halogens is 1. The van der Waals surface area contributed by atoms with Gasteiger partial charge in [0.15, 0.2) is 5.82 Å². The standard InChI is InChI=1S/C12H14BrN3O/c1-3-12(2,14)11-15-10(17-16-11)8-6-4-5-7-9(8)13/h4-7H,3,14H2,1-2H3. The van der Waals surface area contributed by atoms with Crippen molar-refractivity contribution >= 4 is 15.9 Å². The second-order valence-electron chi connectivity index (χ2n) is 4.17. The van der Waals surface area contributed by atoms with E-state index in [-0.39, 0.29) is 0 Å². The average molecular weight is 296 g/mol. The lowest BCUT2D eigenvalue weighted by atomic mass is 10.0. The predicted molar refractivity (Wildman–Crippen MR) is 69.3 cm³/mol. The summed E-state index contributed by atoms with van der Waals surface area (Å²) in [6.07, 6.45) is 0.752. The minimum atomic E-state index is -0.553. The maximum atomic E-state index is 6.07. The van der Waals surface area contributed by atoms with Gasteiger partial charge in [0.25, 0.3) is 5.89 Å². The van der Waals surface area contributed by atoms with E-state index in [1.807, 2.05) is 38.1 Å². The summed E-state index contributed by atoms with van der Waals surface area (Å²) in [7, 11) is 0. The lowest BCUT2D eigenvalue weighted by molar-refractivity contribution is 0.379. The summed E-state index contributed by atoms with van der Waals surface area (Å²) in [4.78, 5) is 4.35. The summed E-state index contributed by atoms with van der Waals surface area (Å²) in [5.41, 5.74) is 6.39. The van der Waals surface area contributed by atoms with E-state index >= 15 is 0 Å². The van der Waals surface area contributed by atoms with Crippen LogP contribution in [0.5, 0.6) is 0 Å². The van der Waals surface area contributed by atoms with Gasteiger partial charge in [0, 0.05) is 4.47 Å². The SMILES string of the molecule is CCC(C)(N)c1noc(-c2ccccc2Br)n1. The van der Waals surface area contributed by atoms with Crippen molar-refractivity contribution in [2.24, 2.45) is 5.73 Å². The van der Waals surface area contributed by atoms with Gasteiger partial charge in [0.2, 0.25) is 0 Å². The molecule has 1 aromatic heterocycles. The molecule has 5 heteroatoms. The minimum absolute atomic E-state index is 0.484. The zero-order chi connectivity index (χ0) is 12.5. The fraction of sp³-hybridized carbons (Fsp3) is 0.333. The largest absolute Gasteiger partial charge is 0.334 e. The van der Waals surface area contributed by atoms with Gasteiger partial charge in [-0.3, -0.25) is 0 Å². The molecule has 1 heterocycles. The molecule has 0 radical (unpaired) electrons. The normalized spacial score (nSPS) is 14.6.